The fourth-order valence-electron chi connectivity index (χ4n) is 5.89. The number of aromatic carboxylic acids is 1. The van der Waals surface area contributed by atoms with Gasteiger partial charge in [-0.1, -0.05) is 163 Å². The molecule has 0 saturated carbocycles. The monoisotopic (exact) mass is 558 g/mol. The highest BCUT2D eigenvalue weighted by atomic mass is 16.5. The van der Waals surface area contributed by atoms with Crippen LogP contribution in [0.25, 0.3) is 0 Å². The van der Waals surface area contributed by atoms with Crippen molar-refractivity contribution in [1.29, 1.82) is 0 Å². The van der Waals surface area contributed by atoms with Crippen LogP contribution in [0, 0.1) is 11.8 Å². The summed E-state index contributed by atoms with van der Waals surface area (Å²) >= 11 is 0. The number of unbranched alkanes of at least 4 members (excludes halogenated alkanes) is 12. The third kappa shape index (κ3) is 14.7. The van der Waals surface area contributed by atoms with Gasteiger partial charge in [-0.2, -0.15) is 0 Å². The highest BCUT2D eigenvalue weighted by molar-refractivity contribution is 6.03. The molecule has 4 heteroatoms. The average Bonchev–Trinajstić information content (AvgIpc) is 2.91. The molecule has 0 bridgehead atoms. The Morgan fingerprint density at radius 3 is 1.77 bits per heavy atom. The van der Waals surface area contributed by atoms with Crippen molar-refractivity contribution in [2.45, 2.75) is 163 Å². The number of hydrogen-bond acceptors (Lipinski definition) is 3. The summed E-state index contributed by atoms with van der Waals surface area (Å²) in [6.07, 6.45) is 23.3. The molecule has 0 aliphatic carbocycles. The molecular weight excluding hydrogens is 496 g/mol. The van der Waals surface area contributed by atoms with Crippen molar-refractivity contribution in [3.05, 3.63) is 34.9 Å². The predicted molar refractivity (Wildman–Crippen MR) is 169 cm³/mol. The number of hydrogen-bond donors (Lipinski definition) is 1. The molecule has 1 aromatic rings. The van der Waals surface area contributed by atoms with E-state index in [-0.39, 0.29) is 16.5 Å². The number of ether oxygens (including phenoxy) is 1. The van der Waals surface area contributed by atoms with Gasteiger partial charge in [0.25, 0.3) is 0 Å². The van der Waals surface area contributed by atoms with Crippen LogP contribution in [0.2, 0.25) is 0 Å². The van der Waals surface area contributed by atoms with Gasteiger partial charge in [-0.05, 0) is 35.3 Å². The maximum atomic E-state index is 12.8. The molecule has 0 aliphatic heterocycles. The maximum Gasteiger partial charge on any atom is 0.339 e. The van der Waals surface area contributed by atoms with E-state index in [2.05, 4.69) is 20.8 Å². The Bertz CT molecular complexity index is 823. The number of benzene rings is 1. The van der Waals surface area contributed by atoms with Crippen molar-refractivity contribution in [3.63, 3.8) is 0 Å². The molecule has 2 atom stereocenters. The Labute approximate surface area is 247 Å². The Morgan fingerprint density at radius 2 is 1.25 bits per heavy atom. The molecule has 4 nitrogen and oxygen atoms in total. The van der Waals surface area contributed by atoms with Gasteiger partial charge in [-0.3, -0.25) is 0 Å². The molecule has 0 spiro atoms. The van der Waals surface area contributed by atoms with Crippen LogP contribution in [0.1, 0.15) is 183 Å². The number of carboxylic acid groups (broad SMARTS) is 1. The summed E-state index contributed by atoms with van der Waals surface area (Å²) in [6, 6.07) is 5.11. The van der Waals surface area contributed by atoms with Crippen LogP contribution in [0.3, 0.4) is 0 Å². The largest absolute Gasteiger partial charge is 0.478 e. The summed E-state index contributed by atoms with van der Waals surface area (Å²) < 4.78 is 5.54. The predicted octanol–water partition coefficient (Wildman–Crippen LogP) is 11.2. The first-order valence-corrected chi connectivity index (χ1v) is 16.7. The zero-order valence-corrected chi connectivity index (χ0v) is 27.0. The molecule has 230 valence electrons. The van der Waals surface area contributed by atoms with E-state index in [1.165, 1.54) is 103 Å². The summed E-state index contributed by atoms with van der Waals surface area (Å²) in [5.41, 5.74) is 0.502. The van der Waals surface area contributed by atoms with Crippen LogP contribution in [-0.4, -0.2) is 23.7 Å². The molecule has 0 amide bonds. The number of carbonyl (C=O) groups excluding carboxylic acids is 1. The van der Waals surface area contributed by atoms with Gasteiger partial charge in [0, 0.05) is 0 Å². The minimum atomic E-state index is -1.08. The van der Waals surface area contributed by atoms with Crippen LogP contribution >= 0.6 is 0 Å². The normalized spacial score (nSPS) is 13.2. The summed E-state index contributed by atoms with van der Waals surface area (Å²) in [4.78, 5) is 24.8. The number of esters is 1. The van der Waals surface area contributed by atoms with Gasteiger partial charge in [0.1, 0.15) is 0 Å². The van der Waals surface area contributed by atoms with Gasteiger partial charge in [0.05, 0.1) is 17.7 Å². The third-order valence-electron chi connectivity index (χ3n) is 8.50. The molecule has 1 aromatic carbocycles. The Kier molecular flexibility index (Phi) is 19.0. The van der Waals surface area contributed by atoms with E-state index in [4.69, 9.17) is 4.74 Å². The van der Waals surface area contributed by atoms with E-state index in [1.807, 2.05) is 20.8 Å². The molecule has 0 aliphatic rings. The fourth-order valence-corrected chi connectivity index (χ4v) is 5.89. The van der Waals surface area contributed by atoms with E-state index >= 15 is 0 Å². The minimum Gasteiger partial charge on any atom is -0.478 e. The van der Waals surface area contributed by atoms with E-state index in [9.17, 15) is 14.7 Å². The Balaban J connectivity index is 2.52. The smallest absolute Gasteiger partial charge is 0.339 e. The summed E-state index contributed by atoms with van der Waals surface area (Å²) in [7, 11) is 0. The van der Waals surface area contributed by atoms with Gasteiger partial charge in [0.15, 0.2) is 0 Å². The minimum absolute atomic E-state index is 0.0666. The first-order chi connectivity index (χ1) is 19.1. The molecule has 0 aromatic heterocycles. The highest BCUT2D eigenvalue weighted by Crippen LogP contribution is 2.30. The molecule has 0 heterocycles. The van der Waals surface area contributed by atoms with Crippen LogP contribution in [0.5, 0.6) is 0 Å². The van der Waals surface area contributed by atoms with E-state index in [0.29, 0.717) is 12.2 Å². The van der Waals surface area contributed by atoms with Crippen LogP contribution in [-0.2, 0) is 10.2 Å². The number of carboxylic acids is 1. The third-order valence-corrected chi connectivity index (χ3v) is 8.50. The SMILES string of the molecule is CCCCCCCCC(C)C(CCCCCCCC)CCCCCOC(=O)c1cccc(C(C)(C)C)c1C(=O)O. The lowest BCUT2D eigenvalue weighted by molar-refractivity contribution is 0.0486. The van der Waals surface area contributed by atoms with Crippen LogP contribution in [0.15, 0.2) is 18.2 Å². The summed E-state index contributed by atoms with van der Waals surface area (Å²) in [6.45, 7) is 13.2. The van der Waals surface area contributed by atoms with Crippen molar-refractivity contribution in [3.8, 4) is 0 Å². The molecular formula is C36H62O4. The highest BCUT2D eigenvalue weighted by Gasteiger charge is 2.27. The van der Waals surface area contributed by atoms with Gasteiger partial charge in [0.2, 0.25) is 0 Å². The van der Waals surface area contributed by atoms with Gasteiger partial charge >= 0.3 is 11.9 Å². The topological polar surface area (TPSA) is 63.6 Å². The molecule has 0 radical (unpaired) electrons. The van der Waals surface area contributed by atoms with E-state index in [1.54, 1.807) is 18.2 Å². The van der Waals surface area contributed by atoms with Crippen molar-refractivity contribution in [1.82, 2.24) is 0 Å². The first-order valence-electron chi connectivity index (χ1n) is 16.7. The molecule has 40 heavy (non-hydrogen) atoms. The lowest BCUT2D eigenvalue weighted by Crippen LogP contribution is -2.21. The quantitative estimate of drug-likeness (QED) is 0.107. The second-order valence-corrected chi connectivity index (χ2v) is 13.1. The Morgan fingerprint density at radius 1 is 0.750 bits per heavy atom. The molecule has 2 unspecified atom stereocenters. The van der Waals surface area contributed by atoms with Crippen LogP contribution < -0.4 is 0 Å². The molecule has 1 rings (SSSR count). The average molecular weight is 559 g/mol. The summed E-state index contributed by atoms with van der Waals surface area (Å²) in [5.74, 6) is -0.0345. The number of rotatable bonds is 23. The summed E-state index contributed by atoms with van der Waals surface area (Å²) in [5, 5.41) is 9.81. The van der Waals surface area contributed by atoms with Gasteiger partial charge in [-0.25, -0.2) is 9.59 Å². The number of carbonyl (C=O) groups is 2. The molecule has 0 saturated heterocycles. The van der Waals surface area contributed by atoms with Crippen molar-refractivity contribution < 1.29 is 19.4 Å². The molecule has 1 N–H and O–H groups in total. The van der Waals surface area contributed by atoms with Gasteiger partial charge in [-0.15, -0.1) is 0 Å². The second-order valence-electron chi connectivity index (χ2n) is 13.1. The zero-order chi connectivity index (χ0) is 29.8. The second kappa shape index (κ2) is 20.9. The van der Waals surface area contributed by atoms with Crippen molar-refractivity contribution >= 4 is 11.9 Å². The van der Waals surface area contributed by atoms with Crippen LogP contribution in [0.4, 0.5) is 0 Å². The van der Waals surface area contributed by atoms with E-state index in [0.717, 1.165) is 24.7 Å². The first kappa shape index (κ1) is 36.2. The standard InChI is InChI=1S/C36H62O4/c1-7-9-11-13-15-18-23-29(3)30(24-19-16-14-12-10-8-2)25-20-17-21-28-40-35(39)31-26-22-27-32(36(4,5)6)33(31)34(37)38/h22,26-27,29-30H,7-21,23-25,28H2,1-6H3,(H,37,38). The van der Waals surface area contributed by atoms with Gasteiger partial charge < -0.3 is 9.84 Å². The van der Waals surface area contributed by atoms with Crippen molar-refractivity contribution in [2.75, 3.05) is 6.61 Å². The fraction of sp³-hybridized carbons (Fsp3) is 0.778. The lowest BCUT2D eigenvalue weighted by atomic mass is 9.82. The maximum absolute atomic E-state index is 12.8. The van der Waals surface area contributed by atoms with Crippen molar-refractivity contribution in [2.24, 2.45) is 11.8 Å². The lowest BCUT2D eigenvalue weighted by Gasteiger charge is -2.24. The zero-order valence-electron chi connectivity index (χ0n) is 27.0. The van der Waals surface area contributed by atoms with E-state index < -0.39 is 11.9 Å². The molecule has 0 fully saturated rings. The Hall–Kier alpha value is -1.84.